The lowest BCUT2D eigenvalue weighted by Gasteiger charge is -2.18. The van der Waals surface area contributed by atoms with E-state index in [-0.39, 0.29) is 6.61 Å². The highest BCUT2D eigenvalue weighted by atomic mass is 32.2. The summed E-state index contributed by atoms with van der Waals surface area (Å²) in [4.78, 5) is 2.30. The minimum atomic E-state index is -0.633. The molecule has 3 nitrogen and oxygen atoms in total. The zero-order chi connectivity index (χ0) is 9.68. The SMILES string of the molecule is CC1CCN(CCCO)CCS1=O. The molecule has 2 atom stereocenters. The molecule has 13 heavy (non-hydrogen) atoms. The molecule has 1 rings (SSSR count). The van der Waals surface area contributed by atoms with Gasteiger partial charge in [-0.2, -0.15) is 0 Å². The number of rotatable bonds is 3. The van der Waals surface area contributed by atoms with Gasteiger partial charge in [-0.15, -0.1) is 0 Å². The van der Waals surface area contributed by atoms with Crippen molar-refractivity contribution in [1.82, 2.24) is 4.90 Å². The van der Waals surface area contributed by atoms with Crippen molar-refractivity contribution in [2.75, 3.05) is 32.0 Å². The van der Waals surface area contributed by atoms with E-state index in [1.54, 1.807) is 0 Å². The Balaban J connectivity index is 2.31. The molecule has 0 bridgehead atoms. The Morgan fingerprint density at radius 2 is 2.31 bits per heavy atom. The lowest BCUT2D eigenvalue weighted by atomic mass is 10.3. The number of hydrogen-bond donors (Lipinski definition) is 1. The van der Waals surface area contributed by atoms with Crippen molar-refractivity contribution in [2.24, 2.45) is 0 Å². The Labute approximate surface area is 82.6 Å². The van der Waals surface area contributed by atoms with Crippen molar-refractivity contribution in [2.45, 2.75) is 25.0 Å². The van der Waals surface area contributed by atoms with E-state index in [2.05, 4.69) is 11.8 Å². The molecule has 1 N–H and O–H groups in total. The predicted octanol–water partition coefficient (Wildman–Crippen LogP) is 0.212. The first-order chi connectivity index (χ1) is 6.24. The van der Waals surface area contributed by atoms with Crippen molar-refractivity contribution in [3.8, 4) is 0 Å². The van der Waals surface area contributed by atoms with Crippen LogP contribution in [0.3, 0.4) is 0 Å². The standard InChI is InChI=1S/C9H19NO2S/c1-9-3-5-10(4-2-7-11)6-8-13(9)12/h9,11H,2-8H2,1H3. The van der Waals surface area contributed by atoms with Crippen LogP contribution < -0.4 is 0 Å². The number of aliphatic hydroxyl groups is 1. The summed E-state index contributed by atoms with van der Waals surface area (Å²) in [6, 6.07) is 0. The van der Waals surface area contributed by atoms with Crippen molar-refractivity contribution < 1.29 is 9.32 Å². The van der Waals surface area contributed by atoms with Crippen LogP contribution in [0.15, 0.2) is 0 Å². The molecular formula is C9H19NO2S. The van der Waals surface area contributed by atoms with E-state index in [4.69, 9.17) is 5.11 Å². The summed E-state index contributed by atoms with van der Waals surface area (Å²) >= 11 is 0. The summed E-state index contributed by atoms with van der Waals surface area (Å²) in [6.45, 7) is 5.23. The van der Waals surface area contributed by atoms with Crippen LogP contribution in [-0.2, 0) is 10.8 Å². The second-order valence-electron chi connectivity index (χ2n) is 3.60. The van der Waals surface area contributed by atoms with Crippen LogP contribution in [0.2, 0.25) is 0 Å². The van der Waals surface area contributed by atoms with E-state index in [9.17, 15) is 4.21 Å². The van der Waals surface area contributed by atoms with Gasteiger partial charge in [-0.25, -0.2) is 0 Å². The zero-order valence-corrected chi connectivity index (χ0v) is 9.05. The Bertz CT molecular complexity index is 175. The molecule has 1 heterocycles. The highest BCUT2D eigenvalue weighted by molar-refractivity contribution is 7.85. The summed E-state index contributed by atoms with van der Waals surface area (Å²) in [5, 5.41) is 9.03. The van der Waals surface area contributed by atoms with Crippen molar-refractivity contribution in [1.29, 1.82) is 0 Å². The van der Waals surface area contributed by atoms with E-state index >= 15 is 0 Å². The predicted molar refractivity (Wildman–Crippen MR) is 55.2 cm³/mol. The van der Waals surface area contributed by atoms with Crippen LogP contribution >= 0.6 is 0 Å². The largest absolute Gasteiger partial charge is 0.396 e. The Morgan fingerprint density at radius 3 is 3.00 bits per heavy atom. The van der Waals surface area contributed by atoms with Gasteiger partial charge in [0.15, 0.2) is 0 Å². The van der Waals surface area contributed by atoms with Crippen LogP contribution in [0, 0.1) is 0 Å². The van der Waals surface area contributed by atoms with Crippen molar-refractivity contribution in [3.63, 3.8) is 0 Å². The van der Waals surface area contributed by atoms with Crippen LogP contribution in [0.25, 0.3) is 0 Å². The third kappa shape index (κ3) is 3.75. The highest BCUT2D eigenvalue weighted by Crippen LogP contribution is 2.09. The monoisotopic (exact) mass is 205 g/mol. The van der Waals surface area contributed by atoms with Crippen LogP contribution in [0.5, 0.6) is 0 Å². The fourth-order valence-corrected chi connectivity index (χ4v) is 2.75. The molecule has 1 aliphatic rings. The summed E-state index contributed by atoms with van der Waals surface area (Å²) in [7, 11) is -0.633. The maximum atomic E-state index is 11.5. The average Bonchev–Trinajstić information content (AvgIpc) is 2.29. The van der Waals surface area contributed by atoms with E-state index in [1.807, 2.05) is 0 Å². The number of aliphatic hydroxyl groups excluding tert-OH is 1. The molecule has 2 unspecified atom stereocenters. The maximum absolute atomic E-state index is 11.5. The molecular weight excluding hydrogens is 186 g/mol. The van der Waals surface area contributed by atoms with Gasteiger partial charge in [0.25, 0.3) is 0 Å². The van der Waals surface area contributed by atoms with Crippen LogP contribution in [0.4, 0.5) is 0 Å². The van der Waals surface area contributed by atoms with Gasteiger partial charge in [-0.1, -0.05) is 6.92 Å². The van der Waals surface area contributed by atoms with Crippen molar-refractivity contribution >= 4 is 10.8 Å². The van der Waals surface area contributed by atoms with Crippen LogP contribution in [0.1, 0.15) is 19.8 Å². The maximum Gasteiger partial charge on any atom is 0.0443 e. The quantitative estimate of drug-likeness (QED) is 0.716. The van der Waals surface area contributed by atoms with Gasteiger partial charge >= 0.3 is 0 Å². The van der Waals surface area contributed by atoms with E-state index in [0.717, 1.165) is 38.2 Å². The summed E-state index contributed by atoms with van der Waals surface area (Å²) in [6.07, 6.45) is 1.86. The van der Waals surface area contributed by atoms with Gasteiger partial charge in [0.2, 0.25) is 0 Å². The second-order valence-corrected chi connectivity index (χ2v) is 5.58. The summed E-state index contributed by atoms with van der Waals surface area (Å²) in [5.41, 5.74) is 0. The fourth-order valence-electron chi connectivity index (χ4n) is 1.55. The lowest BCUT2D eigenvalue weighted by Crippen LogP contribution is -2.28. The van der Waals surface area contributed by atoms with Gasteiger partial charge in [0.05, 0.1) is 0 Å². The molecule has 1 aliphatic heterocycles. The highest BCUT2D eigenvalue weighted by Gasteiger charge is 2.18. The Morgan fingerprint density at radius 1 is 1.54 bits per heavy atom. The molecule has 0 amide bonds. The Kier molecular flexibility index (Phi) is 4.91. The molecule has 0 spiro atoms. The minimum Gasteiger partial charge on any atom is -0.396 e. The molecule has 0 aliphatic carbocycles. The first-order valence-electron chi connectivity index (χ1n) is 4.94. The second kappa shape index (κ2) is 5.73. The van der Waals surface area contributed by atoms with Gasteiger partial charge in [-0.3, -0.25) is 4.21 Å². The Hall–Kier alpha value is 0.0700. The van der Waals surface area contributed by atoms with Gasteiger partial charge in [0, 0.05) is 41.5 Å². The smallest absolute Gasteiger partial charge is 0.0443 e. The minimum absolute atomic E-state index is 0.259. The summed E-state index contributed by atoms with van der Waals surface area (Å²) in [5.74, 6) is 0.798. The summed E-state index contributed by atoms with van der Waals surface area (Å²) < 4.78 is 11.5. The first kappa shape index (κ1) is 11.1. The van der Waals surface area contributed by atoms with E-state index in [1.165, 1.54) is 0 Å². The normalized spacial score (nSPS) is 31.5. The molecule has 1 saturated heterocycles. The third-order valence-corrected chi connectivity index (χ3v) is 4.26. The van der Waals surface area contributed by atoms with E-state index in [0.29, 0.717) is 5.25 Å². The van der Waals surface area contributed by atoms with Gasteiger partial charge < -0.3 is 10.0 Å². The number of hydrogen-bond acceptors (Lipinski definition) is 3. The van der Waals surface area contributed by atoms with Crippen LogP contribution in [-0.4, -0.2) is 51.5 Å². The zero-order valence-electron chi connectivity index (χ0n) is 8.24. The van der Waals surface area contributed by atoms with E-state index < -0.39 is 10.8 Å². The fraction of sp³-hybridized carbons (Fsp3) is 1.00. The topological polar surface area (TPSA) is 40.5 Å². The molecule has 0 aromatic heterocycles. The van der Waals surface area contributed by atoms with Crippen molar-refractivity contribution in [3.05, 3.63) is 0 Å². The third-order valence-electron chi connectivity index (χ3n) is 2.54. The average molecular weight is 205 g/mol. The molecule has 0 aromatic carbocycles. The molecule has 1 fully saturated rings. The molecule has 78 valence electrons. The molecule has 0 saturated carbocycles. The van der Waals surface area contributed by atoms with Gasteiger partial charge in [0.1, 0.15) is 0 Å². The van der Waals surface area contributed by atoms with Gasteiger partial charge in [-0.05, 0) is 19.4 Å². The molecule has 0 radical (unpaired) electrons. The molecule has 0 aromatic rings. The number of nitrogens with zero attached hydrogens (tertiary/aromatic N) is 1. The first-order valence-corrected chi connectivity index (χ1v) is 6.32. The lowest BCUT2D eigenvalue weighted by molar-refractivity contribution is 0.232. The molecule has 4 heteroatoms.